The van der Waals surface area contributed by atoms with Crippen molar-refractivity contribution in [1.82, 2.24) is 10.3 Å². The quantitative estimate of drug-likeness (QED) is 0.600. The van der Waals surface area contributed by atoms with E-state index in [0.717, 1.165) is 33.3 Å². The Morgan fingerprint density at radius 2 is 1.68 bits per heavy atom. The Labute approximate surface area is 143 Å². The van der Waals surface area contributed by atoms with Gasteiger partial charge < -0.3 is 10.1 Å². The summed E-state index contributed by atoms with van der Waals surface area (Å²) in [5.74, 6) is -1.57. The predicted molar refractivity (Wildman–Crippen MR) is 93.7 cm³/mol. The minimum absolute atomic E-state index is 0.133. The number of nitrogens with one attached hydrogen (secondary N) is 2. The third kappa shape index (κ3) is 1.89. The number of hydrogen-bond donors (Lipinski definition) is 3. The molecule has 0 radical (unpaired) electrons. The first-order valence-electron chi connectivity index (χ1n) is 8.10. The maximum absolute atomic E-state index is 12.5. The third-order valence-electron chi connectivity index (χ3n) is 5.05. The molecule has 5 heteroatoms. The number of amides is 2. The maximum atomic E-state index is 12.5. The molecule has 3 aromatic rings. The van der Waals surface area contributed by atoms with Gasteiger partial charge in [0.25, 0.3) is 0 Å². The number of H-pyrrole nitrogens is 1. The summed E-state index contributed by atoms with van der Waals surface area (Å²) in [4.78, 5) is 28.4. The molecule has 25 heavy (non-hydrogen) atoms. The smallest absolute Gasteiger partial charge is 0.235 e. The van der Waals surface area contributed by atoms with E-state index in [1.54, 1.807) is 18.2 Å². The number of phenols is 1. The van der Waals surface area contributed by atoms with E-state index < -0.39 is 11.8 Å². The molecule has 1 aromatic heterocycles. The van der Waals surface area contributed by atoms with Gasteiger partial charge in [-0.15, -0.1) is 0 Å². The number of carbonyl (C=O) groups is 2. The van der Waals surface area contributed by atoms with Gasteiger partial charge in [-0.25, -0.2) is 0 Å². The fourth-order valence-electron chi connectivity index (χ4n) is 4.01. The number of phenolic OH excluding ortho intramolecular Hbond substituents is 1. The molecule has 1 saturated heterocycles. The molecule has 1 fully saturated rings. The van der Waals surface area contributed by atoms with Crippen molar-refractivity contribution in [3.05, 3.63) is 65.4 Å². The Morgan fingerprint density at radius 1 is 0.920 bits per heavy atom. The average Bonchev–Trinajstić information content (AvgIpc) is 3.12. The lowest BCUT2D eigenvalue weighted by Gasteiger charge is -2.24. The number of aromatic amines is 1. The molecule has 5 nitrogen and oxygen atoms in total. The molecule has 2 heterocycles. The Morgan fingerprint density at radius 3 is 2.48 bits per heavy atom. The minimum atomic E-state index is -0.585. The fourth-order valence-corrected chi connectivity index (χ4v) is 4.01. The van der Waals surface area contributed by atoms with Gasteiger partial charge in [-0.3, -0.25) is 14.9 Å². The predicted octanol–water partition coefficient (Wildman–Crippen LogP) is 2.78. The number of carbonyl (C=O) groups excluding carboxylic acids is 2. The lowest BCUT2D eigenvalue weighted by atomic mass is 9.75. The number of hydrogen-bond acceptors (Lipinski definition) is 3. The Hall–Kier alpha value is -3.34. The zero-order valence-electron chi connectivity index (χ0n) is 13.1. The zero-order chi connectivity index (χ0) is 17.1. The van der Waals surface area contributed by atoms with Gasteiger partial charge in [-0.2, -0.15) is 0 Å². The number of aromatic nitrogens is 1. The lowest BCUT2D eigenvalue weighted by Crippen LogP contribution is -2.22. The average molecular weight is 330 g/mol. The van der Waals surface area contributed by atoms with Crippen LogP contribution in [-0.4, -0.2) is 21.9 Å². The van der Waals surface area contributed by atoms with Crippen LogP contribution in [-0.2, 0) is 9.59 Å². The number of imide groups is 1. The standard InChI is InChI=1S/C20H14N2O3/c23-11-6-7-14-13(8-11)16-15(21-14)9-12(10-4-2-1-3-5-10)17-18(16)20(25)22-19(17)24/h1-9,17-18,21,23H,(H,22,24,25). The van der Waals surface area contributed by atoms with Crippen LogP contribution in [0.2, 0.25) is 0 Å². The van der Waals surface area contributed by atoms with Gasteiger partial charge in [0.2, 0.25) is 11.8 Å². The SMILES string of the molecule is O=C1NC(=O)C2c3c([nH]c4ccc(O)cc34)C=C(c3ccccc3)C12. The van der Waals surface area contributed by atoms with Gasteiger partial charge in [0.15, 0.2) is 0 Å². The van der Waals surface area contributed by atoms with E-state index in [-0.39, 0.29) is 17.6 Å². The summed E-state index contributed by atoms with van der Waals surface area (Å²) in [7, 11) is 0. The molecule has 2 atom stereocenters. The summed E-state index contributed by atoms with van der Waals surface area (Å²) in [5, 5.41) is 13.1. The molecule has 2 unspecified atom stereocenters. The molecular weight excluding hydrogens is 316 g/mol. The second kappa shape index (κ2) is 4.83. The monoisotopic (exact) mass is 330 g/mol. The molecule has 1 aliphatic carbocycles. The first kappa shape index (κ1) is 14.0. The van der Waals surface area contributed by atoms with Gasteiger partial charge in [-0.05, 0) is 41.0 Å². The molecule has 0 bridgehead atoms. The molecule has 3 N–H and O–H groups in total. The molecule has 5 rings (SSSR count). The zero-order valence-corrected chi connectivity index (χ0v) is 13.1. The normalized spacial score (nSPS) is 21.7. The van der Waals surface area contributed by atoms with Gasteiger partial charge in [0.05, 0.1) is 11.8 Å². The van der Waals surface area contributed by atoms with Gasteiger partial charge in [-0.1, -0.05) is 30.3 Å². The van der Waals surface area contributed by atoms with Crippen LogP contribution in [0.15, 0.2) is 48.5 Å². The minimum Gasteiger partial charge on any atom is -0.508 e. The molecule has 1 aliphatic heterocycles. The molecule has 2 aliphatic rings. The van der Waals surface area contributed by atoms with Crippen LogP contribution in [0.1, 0.15) is 22.7 Å². The topological polar surface area (TPSA) is 82.2 Å². The van der Waals surface area contributed by atoms with Crippen LogP contribution < -0.4 is 5.32 Å². The van der Waals surface area contributed by atoms with E-state index >= 15 is 0 Å². The largest absolute Gasteiger partial charge is 0.508 e. The van der Waals surface area contributed by atoms with Crippen LogP contribution in [0.25, 0.3) is 22.6 Å². The summed E-state index contributed by atoms with van der Waals surface area (Å²) in [6, 6.07) is 14.7. The first-order chi connectivity index (χ1) is 12.1. The molecule has 0 spiro atoms. The van der Waals surface area contributed by atoms with Crippen LogP contribution in [0, 0.1) is 5.92 Å². The highest BCUT2D eigenvalue weighted by molar-refractivity contribution is 6.17. The van der Waals surface area contributed by atoms with Gasteiger partial charge in [0, 0.05) is 16.6 Å². The van der Waals surface area contributed by atoms with Crippen molar-refractivity contribution < 1.29 is 14.7 Å². The molecule has 122 valence electrons. The van der Waals surface area contributed by atoms with Crippen LogP contribution in [0.3, 0.4) is 0 Å². The fraction of sp³-hybridized carbons (Fsp3) is 0.100. The Kier molecular flexibility index (Phi) is 2.71. The van der Waals surface area contributed by atoms with Crippen molar-refractivity contribution in [2.24, 2.45) is 5.92 Å². The first-order valence-corrected chi connectivity index (χ1v) is 8.10. The highest BCUT2D eigenvalue weighted by atomic mass is 16.3. The van der Waals surface area contributed by atoms with Crippen molar-refractivity contribution in [3.8, 4) is 5.75 Å². The number of fused-ring (bicyclic) bond motifs is 5. The van der Waals surface area contributed by atoms with E-state index in [0.29, 0.717) is 0 Å². The van der Waals surface area contributed by atoms with E-state index in [1.807, 2.05) is 36.4 Å². The van der Waals surface area contributed by atoms with Crippen LogP contribution in [0.5, 0.6) is 5.75 Å². The molecule has 0 saturated carbocycles. The van der Waals surface area contributed by atoms with Crippen molar-refractivity contribution in [3.63, 3.8) is 0 Å². The molecule has 2 aromatic carbocycles. The highest BCUT2D eigenvalue weighted by Gasteiger charge is 2.48. The van der Waals surface area contributed by atoms with Gasteiger partial charge in [0.1, 0.15) is 5.75 Å². The summed E-state index contributed by atoms with van der Waals surface area (Å²) < 4.78 is 0. The Bertz CT molecular complexity index is 1080. The maximum Gasteiger partial charge on any atom is 0.235 e. The van der Waals surface area contributed by atoms with E-state index in [9.17, 15) is 14.7 Å². The van der Waals surface area contributed by atoms with E-state index in [2.05, 4.69) is 10.3 Å². The van der Waals surface area contributed by atoms with Crippen LogP contribution in [0.4, 0.5) is 0 Å². The molecule has 2 amide bonds. The number of rotatable bonds is 1. The highest BCUT2D eigenvalue weighted by Crippen LogP contribution is 2.48. The number of aromatic hydroxyl groups is 1. The van der Waals surface area contributed by atoms with Gasteiger partial charge >= 0.3 is 0 Å². The third-order valence-corrected chi connectivity index (χ3v) is 5.05. The van der Waals surface area contributed by atoms with Crippen molar-refractivity contribution >= 4 is 34.4 Å². The van der Waals surface area contributed by atoms with Crippen molar-refractivity contribution in [2.45, 2.75) is 5.92 Å². The summed E-state index contributed by atoms with van der Waals surface area (Å²) >= 11 is 0. The van der Waals surface area contributed by atoms with Crippen molar-refractivity contribution in [1.29, 1.82) is 0 Å². The summed E-state index contributed by atoms with van der Waals surface area (Å²) in [6.45, 7) is 0. The molecular formula is C20H14N2O3. The second-order valence-corrected chi connectivity index (χ2v) is 6.46. The second-order valence-electron chi connectivity index (χ2n) is 6.46. The number of benzene rings is 2. The van der Waals surface area contributed by atoms with Crippen LogP contribution >= 0.6 is 0 Å². The van der Waals surface area contributed by atoms with E-state index in [1.165, 1.54) is 0 Å². The lowest BCUT2D eigenvalue weighted by molar-refractivity contribution is -0.125. The van der Waals surface area contributed by atoms with Crippen molar-refractivity contribution in [2.75, 3.05) is 0 Å². The summed E-state index contributed by atoms with van der Waals surface area (Å²) in [5.41, 5.74) is 4.18. The van der Waals surface area contributed by atoms with E-state index in [4.69, 9.17) is 0 Å². The Balaban J connectivity index is 1.83. The summed E-state index contributed by atoms with van der Waals surface area (Å²) in [6.07, 6.45) is 1.95.